The molecule has 1 unspecified atom stereocenters. The van der Waals surface area contributed by atoms with Gasteiger partial charge in [0.25, 0.3) is 0 Å². The Morgan fingerprint density at radius 2 is 2.05 bits per heavy atom. The number of aromatic nitrogens is 1. The molecule has 2 aromatic rings. The van der Waals surface area contributed by atoms with Gasteiger partial charge in [-0.15, -0.1) is 0 Å². The minimum Gasteiger partial charge on any atom is -0.478 e. The molecule has 0 radical (unpaired) electrons. The second kappa shape index (κ2) is 6.24. The molecule has 4 nitrogen and oxygen atoms in total. The summed E-state index contributed by atoms with van der Waals surface area (Å²) >= 11 is 0. The van der Waals surface area contributed by atoms with Crippen LogP contribution in [0.25, 0.3) is 0 Å². The lowest BCUT2D eigenvalue weighted by Crippen LogP contribution is -2.04. The summed E-state index contributed by atoms with van der Waals surface area (Å²) in [4.78, 5) is 15.5. The molecule has 0 aliphatic carbocycles. The average molecular weight is 275 g/mol. The Balaban J connectivity index is 2.04. The molecule has 1 N–H and O–H groups in total. The van der Waals surface area contributed by atoms with Crippen LogP contribution in [0.15, 0.2) is 53.6 Å². The summed E-state index contributed by atoms with van der Waals surface area (Å²) in [6, 6.07) is 11.8. The minimum absolute atomic E-state index is 0.156. The molecule has 0 fully saturated rings. The van der Waals surface area contributed by atoms with Gasteiger partial charge in [-0.3, -0.25) is 9.19 Å². The number of carboxylic acid groups (broad SMARTS) is 1. The zero-order valence-electron chi connectivity index (χ0n) is 10.2. The second-order valence-electron chi connectivity index (χ2n) is 3.95. The van der Waals surface area contributed by atoms with Crippen LogP contribution in [0.4, 0.5) is 0 Å². The molecular formula is C14H13NO3S. The first-order valence-corrected chi connectivity index (χ1v) is 7.10. The van der Waals surface area contributed by atoms with Crippen molar-refractivity contribution in [1.29, 1.82) is 0 Å². The van der Waals surface area contributed by atoms with Gasteiger partial charge in [0, 0.05) is 29.0 Å². The van der Waals surface area contributed by atoms with Crippen LogP contribution in [0.2, 0.25) is 0 Å². The zero-order chi connectivity index (χ0) is 13.7. The predicted molar refractivity (Wildman–Crippen MR) is 72.6 cm³/mol. The van der Waals surface area contributed by atoms with Crippen molar-refractivity contribution in [2.45, 2.75) is 11.3 Å². The van der Waals surface area contributed by atoms with Gasteiger partial charge < -0.3 is 5.11 Å². The Hall–Kier alpha value is -2.01. The second-order valence-corrected chi connectivity index (χ2v) is 5.52. The van der Waals surface area contributed by atoms with Gasteiger partial charge in [-0.2, -0.15) is 0 Å². The molecule has 0 bridgehead atoms. The number of aromatic carboxylic acids is 1. The zero-order valence-corrected chi connectivity index (χ0v) is 11.0. The Labute approximate surface area is 113 Å². The summed E-state index contributed by atoms with van der Waals surface area (Å²) < 4.78 is 12.1. The van der Waals surface area contributed by atoms with E-state index in [-0.39, 0.29) is 5.56 Å². The van der Waals surface area contributed by atoms with E-state index in [1.807, 2.05) is 18.2 Å². The fourth-order valence-corrected chi connectivity index (χ4v) is 2.75. The highest BCUT2D eigenvalue weighted by Crippen LogP contribution is 2.11. The summed E-state index contributed by atoms with van der Waals surface area (Å²) in [7, 11) is -1.21. The third-order valence-electron chi connectivity index (χ3n) is 2.61. The standard InChI is InChI=1S/C14H13NO3S/c16-14(17)11-4-3-6-13(10-11)19(18)9-7-12-5-1-2-8-15-12/h1-6,8,10H,7,9H2,(H,16,17). The molecule has 0 amide bonds. The largest absolute Gasteiger partial charge is 0.478 e. The number of hydrogen-bond acceptors (Lipinski definition) is 3. The van der Waals surface area contributed by atoms with E-state index < -0.39 is 16.8 Å². The normalized spacial score (nSPS) is 12.0. The lowest BCUT2D eigenvalue weighted by Gasteiger charge is -2.03. The number of hydrogen-bond donors (Lipinski definition) is 1. The van der Waals surface area contributed by atoms with Crippen molar-refractivity contribution in [1.82, 2.24) is 4.98 Å². The quantitative estimate of drug-likeness (QED) is 0.907. The summed E-state index contributed by atoms with van der Waals surface area (Å²) in [5.41, 5.74) is 1.04. The number of rotatable bonds is 5. The van der Waals surface area contributed by atoms with Crippen LogP contribution in [-0.2, 0) is 17.2 Å². The fraction of sp³-hybridized carbons (Fsp3) is 0.143. The van der Waals surface area contributed by atoms with E-state index in [0.29, 0.717) is 17.1 Å². The van der Waals surface area contributed by atoms with Crippen molar-refractivity contribution < 1.29 is 14.1 Å². The SMILES string of the molecule is O=C(O)c1cccc(S(=O)CCc2ccccn2)c1. The van der Waals surface area contributed by atoms with Crippen LogP contribution in [0.5, 0.6) is 0 Å². The summed E-state index contributed by atoms with van der Waals surface area (Å²) in [6.45, 7) is 0. The average Bonchev–Trinajstić information content (AvgIpc) is 2.46. The first kappa shape index (κ1) is 13.4. The van der Waals surface area contributed by atoms with Crippen molar-refractivity contribution >= 4 is 16.8 Å². The molecule has 98 valence electrons. The Morgan fingerprint density at radius 3 is 2.74 bits per heavy atom. The topological polar surface area (TPSA) is 67.3 Å². The van der Waals surface area contributed by atoms with E-state index in [1.165, 1.54) is 12.1 Å². The molecule has 1 aromatic heterocycles. The van der Waals surface area contributed by atoms with Crippen LogP contribution >= 0.6 is 0 Å². The highest BCUT2D eigenvalue weighted by molar-refractivity contribution is 7.85. The van der Waals surface area contributed by atoms with Crippen molar-refractivity contribution in [2.24, 2.45) is 0 Å². The maximum absolute atomic E-state index is 12.1. The van der Waals surface area contributed by atoms with Crippen molar-refractivity contribution in [2.75, 3.05) is 5.75 Å². The molecule has 0 aliphatic rings. The molecule has 2 rings (SSSR count). The number of carboxylic acids is 1. The molecule has 0 saturated carbocycles. The van der Waals surface area contributed by atoms with E-state index in [2.05, 4.69) is 4.98 Å². The van der Waals surface area contributed by atoms with Gasteiger partial charge in [0.1, 0.15) is 0 Å². The van der Waals surface area contributed by atoms with Crippen LogP contribution in [0, 0.1) is 0 Å². The molecule has 5 heteroatoms. The Kier molecular flexibility index (Phi) is 4.41. The van der Waals surface area contributed by atoms with Crippen LogP contribution < -0.4 is 0 Å². The monoisotopic (exact) mass is 275 g/mol. The molecule has 1 heterocycles. The van der Waals surface area contributed by atoms with Crippen LogP contribution in [-0.4, -0.2) is 26.0 Å². The molecule has 1 atom stereocenters. The lowest BCUT2D eigenvalue weighted by atomic mass is 10.2. The highest BCUT2D eigenvalue weighted by atomic mass is 32.2. The Morgan fingerprint density at radius 1 is 1.21 bits per heavy atom. The lowest BCUT2D eigenvalue weighted by molar-refractivity contribution is 0.0696. The fourth-order valence-electron chi connectivity index (χ4n) is 1.63. The van der Waals surface area contributed by atoms with Gasteiger partial charge >= 0.3 is 5.97 Å². The minimum atomic E-state index is -1.21. The van der Waals surface area contributed by atoms with Crippen molar-refractivity contribution in [3.8, 4) is 0 Å². The highest BCUT2D eigenvalue weighted by Gasteiger charge is 2.08. The maximum Gasteiger partial charge on any atom is 0.335 e. The van der Waals surface area contributed by atoms with Gasteiger partial charge in [0.15, 0.2) is 0 Å². The molecule has 0 spiro atoms. The molecular weight excluding hydrogens is 262 g/mol. The van der Waals surface area contributed by atoms with Gasteiger partial charge in [-0.25, -0.2) is 4.79 Å². The van der Waals surface area contributed by atoms with Crippen LogP contribution in [0.3, 0.4) is 0 Å². The maximum atomic E-state index is 12.1. The van der Waals surface area contributed by atoms with Crippen LogP contribution in [0.1, 0.15) is 16.1 Å². The molecule has 0 saturated heterocycles. The number of nitrogens with zero attached hydrogens (tertiary/aromatic N) is 1. The number of aryl methyl sites for hydroxylation is 1. The smallest absolute Gasteiger partial charge is 0.335 e. The first-order chi connectivity index (χ1) is 9.16. The van der Waals surface area contributed by atoms with Gasteiger partial charge in [0.05, 0.1) is 16.4 Å². The van der Waals surface area contributed by atoms with E-state index in [9.17, 15) is 9.00 Å². The van der Waals surface area contributed by atoms with Gasteiger partial charge in [-0.1, -0.05) is 12.1 Å². The summed E-state index contributed by atoms with van der Waals surface area (Å²) in [5, 5.41) is 8.89. The number of pyridine rings is 1. The molecule has 1 aromatic carbocycles. The van der Waals surface area contributed by atoms with Gasteiger partial charge in [-0.05, 0) is 30.3 Å². The third kappa shape index (κ3) is 3.72. The van der Waals surface area contributed by atoms with Crippen molar-refractivity contribution in [3.63, 3.8) is 0 Å². The van der Waals surface area contributed by atoms with E-state index in [1.54, 1.807) is 18.3 Å². The van der Waals surface area contributed by atoms with E-state index in [4.69, 9.17) is 5.11 Å². The first-order valence-electron chi connectivity index (χ1n) is 5.78. The summed E-state index contributed by atoms with van der Waals surface area (Å²) in [6.07, 6.45) is 2.30. The van der Waals surface area contributed by atoms with Crippen molar-refractivity contribution in [3.05, 3.63) is 59.9 Å². The van der Waals surface area contributed by atoms with E-state index in [0.717, 1.165) is 5.69 Å². The van der Waals surface area contributed by atoms with E-state index >= 15 is 0 Å². The third-order valence-corrected chi connectivity index (χ3v) is 3.97. The molecule has 19 heavy (non-hydrogen) atoms. The summed E-state index contributed by atoms with van der Waals surface area (Å²) in [5.74, 6) is -0.580. The Bertz CT molecular complexity index is 599. The number of benzene rings is 1. The number of carbonyl (C=O) groups is 1. The predicted octanol–water partition coefficient (Wildman–Crippen LogP) is 2.13. The molecule has 0 aliphatic heterocycles. The van der Waals surface area contributed by atoms with Gasteiger partial charge in [0.2, 0.25) is 0 Å².